The molecule has 0 spiro atoms. The Kier molecular flexibility index (Phi) is 12.3. The molecule has 3 N–H and O–H groups in total. The molecule has 3 amide bonds. The van der Waals surface area contributed by atoms with Gasteiger partial charge in [0.2, 0.25) is 0 Å². The molecule has 1 aliphatic rings. The molecule has 14 heteroatoms. The molecule has 5 rings (SSSR count). The van der Waals surface area contributed by atoms with Gasteiger partial charge in [0.05, 0.1) is 42.4 Å². The highest BCUT2D eigenvalue weighted by atomic mass is 32.2. The van der Waals surface area contributed by atoms with E-state index in [0.717, 1.165) is 23.6 Å². The van der Waals surface area contributed by atoms with Crippen molar-refractivity contribution in [3.63, 3.8) is 0 Å². The van der Waals surface area contributed by atoms with E-state index in [-0.39, 0.29) is 42.3 Å². The zero-order chi connectivity index (χ0) is 36.7. The van der Waals surface area contributed by atoms with Crippen LogP contribution in [0.1, 0.15) is 50.4 Å². The Hall–Kier alpha value is -4.50. The number of rotatable bonds is 8. The van der Waals surface area contributed by atoms with Crippen molar-refractivity contribution in [2.45, 2.75) is 63.3 Å². The van der Waals surface area contributed by atoms with Gasteiger partial charge in [-0.1, -0.05) is 43.3 Å². The summed E-state index contributed by atoms with van der Waals surface area (Å²) in [4.78, 5) is 33.2. The SMILES string of the molecule is C[C@H]1CCCCO[C@H](CN(C)S(=O)(=O)c2cn(C)cn2)[C@@H](C)CN([C@@H](C)CO)C(=O)c2cc(NC(=O)Nc3cccc4ccccc34)ccc2O1. The standard InChI is InChI=1S/C37H48N6O7S/c1-25-20-43(26(2)23-44)36(45)31-19-29(39-37(46)40-32-15-10-13-28-12-6-7-14-30(28)32)16-17-33(31)50-27(3)11-8-9-18-49-34(25)21-42(5)51(47,48)35-22-41(4)24-38-35/h6-7,10,12-17,19,22,24-27,34,44H,8-9,11,18,20-21,23H2,1-5H3,(H2,39,40,46)/t25-,26-,27-,34+/m0/s1. The lowest BCUT2D eigenvalue weighted by Crippen LogP contribution is -2.48. The Balaban J connectivity index is 1.41. The summed E-state index contributed by atoms with van der Waals surface area (Å²) in [7, 11) is -0.703. The molecule has 4 aromatic rings. The number of benzene rings is 3. The van der Waals surface area contributed by atoms with Crippen molar-refractivity contribution in [2.24, 2.45) is 13.0 Å². The number of carbonyl (C=O) groups excluding carboxylic acids is 2. The maximum atomic E-state index is 14.5. The summed E-state index contributed by atoms with van der Waals surface area (Å²) in [5.41, 5.74) is 1.25. The number of aryl methyl sites for hydroxylation is 1. The average molecular weight is 721 g/mol. The Morgan fingerprint density at radius 2 is 1.86 bits per heavy atom. The molecule has 4 atom stereocenters. The average Bonchev–Trinajstić information content (AvgIpc) is 3.56. The van der Waals surface area contributed by atoms with Crippen LogP contribution < -0.4 is 15.4 Å². The number of aromatic nitrogens is 2. The monoisotopic (exact) mass is 720 g/mol. The molecule has 3 aromatic carbocycles. The molecule has 274 valence electrons. The van der Waals surface area contributed by atoms with E-state index < -0.39 is 34.1 Å². The minimum absolute atomic E-state index is 0.0333. The smallest absolute Gasteiger partial charge is 0.323 e. The van der Waals surface area contributed by atoms with Crippen LogP contribution in [-0.2, 0) is 21.8 Å². The number of imidazole rings is 1. The van der Waals surface area contributed by atoms with E-state index in [0.29, 0.717) is 30.2 Å². The van der Waals surface area contributed by atoms with Crippen LogP contribution in [0.25, 0.3) is 10.8 Å². The van der Waals surface area contributed by atoms with E-state index in [1.165, 1.54) is 23.9 Å². The van der Waals surface area contributed by atoms with Crippen molar-refractivity contribution >= 4 is 44.1 Å². The third kappa shape index (κ3) is 9.25. The summed E-state index contributed by atoms with van der Waals surface area (Å²) in [6.07, 6.45) is 4.28. The number of aliphatic hydroxyl groups excluding tert-OH is 1. The van der Waals surface area contributed by atoms with Gasteiger partial charge in [-0.25, -0.2) is 18.2 Å². The fourth-order valence-electron chi connectivity index (χ4n) is 6.12. The number of amides is 3. The number of nitrogens with zero attached hydrogens (tertiary/aromatic N) is 4. The van der Waals surface area contributed by atoms with Crippen molar-refractivity contribution in [3.8, 4) is 5.75 Å². The molecule has 0 fully saturated rings. The van der Waals surface area contributed by atoms with E-state index in [2.05, 4.69) is 15.6 Å². The van der Waals surface area contributed by atoms with Gasteiger partial charge in [0, 0.05) is 57.0 Å². The van der Waals surface area contributed by atoms with Crippen molar-refractivity contribution in [1.82, 2.24) is 18.8 Å². The highest BCUT2D eigenvalue weighted by Crippen LogP contribution is 2.29. The largest absolute Gasteiger partial charge is 0.490 e. The van der Waals surface area contributed by atoms with Gasteiger partial charge in [-0.2, -0.15) is 4.31 Å². The summed E-state index contributed by atoms with van der Waals surface area (Å²) in [5, 5.41) is 17.8. The van der Waals surface area contributed by atoms with Gasteiger partial charge in [0.25, 0.3) is 15.9 Å². The molecule has 0 radical (unpaired) electrons. The highest BCUT2D eigenvalue weighted by Gasteiger charge is 2.33. The number of fused-ring (bicyclic) bond motifs is 2. The van der Waals surface area contributed by atoms with Crippen LogP contribution in [0.15, 0.2) is 78.2 Å². The third-order valence-corrected chi connectivity index (χ3v) is 10.8. The maximum Gasteiger partial charge on any atom is 0.323 e. The van der Waals surface area contributed by atoms with Gasteiger partial charge < -0.3 is 34.7 Å². The number of urea groups is 1. The summed E-state index contributed by atoms with van der Waals surface area (Å²) < 4.78 is 42.1. The first kappa shape index (κ1) is 37.7. The lowest BCUT2D eigenvalue weighted by atomic mass is 10.0. The predicted octanol–water partition coefficient (Wildman–Crippen LogP) is 5.33. The predicted molar refractivity (Wildman–Crippen MR) is 196 cm³/mol. The summed E-state index contributed by atoms with van der Waals surface area (Å²) in [6, 6.07) is 17.3. The molecule has 0 unspecified atom stereocenters. The molecular weight excluding hydrogens is 673 g/mol. The number of anilines is 2. The second-order valence-electron chi connectivity index (χ2n) is 13.3. The van der Waals surface area contributed by atoms with Crippen LogP contribution in [0.5, 0.6) is 5.75 Å². The minimum atomic E-state index is -3.90. The number of likely N-dealkylation sites (N-methyl/N-ethyl adjacent to an activating group) is 1. The molecule has 0 bridgehead atoms. The molecule has 0 aliphatic carbocycles. The van der Waals surface area contributed by atoms with Crippen molar-refractivity contribution in [3.05, 3.63) is 78.8 Å². The molecule has 0 saturated carbocycles. The van der Waals surface area contributed by atoms with Crippen LogP contribution in [0.2, 0.25) is 0 Å². The Labute approximate surface area is 299 Å². The number of aliphatic hydroxyl groups is 1. The van der Waals surface area contributed by atoms with Gasteiger partial charge in [0.1, 0.15) is 5.75 Å². The normalized spacial score (nSPS) is 19.9. The number of ether oxygens (including phenoxy) is 2. The van der Waals surface area contributed by atoms with E-state index in [1.807, 2.05) is 56.3 Å². The zero-order valence-corrected chi connectivity index (χ0v) is 30.6. The van der Waals surface area contributed by atoms with Crippen LogP contribution in [0, 0.1) is 5.92 Å². The van der Waals surface area contributed by atoms with Crippen LogP contribution >= 0.6 is 0 Å². The number of carbonyl (C=O) groups is 2. The van der Waals surface area contributed by atoms with Crippen LogP contribution in [0.3, 0.4) is 0 Å². The van der Waals surface area contributed by atoms with Gasteiger partial charge in [-0.05, 0) is 62.8 Å². The van der Waals surface area contributed by atoms with E-state index in [1.54, 1.807) is 41.6 Å². The first-order valence-electron chi connectivity index (χ1n) is 17.2. The molecule has 0 saturated heterocycles. The van der Waals surface area contributed by atoms with Gasteiger partial charge in [-0.3, -0.25) is 4.79 Å². The topological polar surface area (TPSA) is 155 Å². The van der Waals surface area contributed by atoms with Gasteiger partial charge in [-0.15, -0.1) is 0 Å². The Bertz CT molecular complexity index is 1930. The fourth-order valence-corrected chi connectivity index (χ4v) is 7.26. The fraction of sp³-hybridized carbons (Fsp3) is 0.432. The number of hydrogen-bond acceptors (Lipinski definition) is 8. The second-order valence-corrected chi connectivity index (χ2v) is 15.3. The zero-order valence-electron chi connectivity index (χ0n) is 29.8. The third-order valence-electron chi connectivity index (χ3n) is 9.14. The quantitative estimate of drug-likeness (QED) is 0.221. The van der Waals surface area contributed by atoms with E-state index in [4.69, 9.17) is 9.47 Å². The van der Waals surface area contributed by atoms with Crippen molar-refractivity contribution < 1.29 is 32.6 Å². The first-order valence-corrected chi connectivity index (χ1v) is 18.7. The highest BCUT2D eigenvalue weighted by molar-refractivity contribution is 7.89. The molecule has 13 nitrogen and oxygen atoms in total. The molecule has 51 heavy (non-hydrogen) atoms. The minimum Gasteiger partial charge on any atom is -0.490 e. The number of nitrogens with one attached hydrogen (secondary N) is 2. The van der Waals surface area contributed by atoms with E-state index >= 15 is 0 Å². The molecule has 1 aliphatic heterocycles. The summed E-state index contributed by atoms with van der Waals surface area (Å²) in [6.45, 7) is 5.84. The Morgan fingerprint density at radius 3 is 2.61 bits per heavy atom. The lowest BCUT2D eigenvalue weighted by molar-refractivity contribution is -0.00835. The van der Waals surface area contributed by atoms with Gasteiger partial charge in [0.15, 0.2) is 5.03 Å². The summed E-state index contributed by atoms with van der Waals surface area (Å²) in [5.74, 6) is -0.390. The van der Waals surface area contributed by atoms with Crippen LogP contribution in [-0.4, -0.2) is 95.8 Å². The summed E-state index contributed by atoms with van der Waals surface area (Å²) >= 11 is 0. The van der Waals surface area contributed by atoms with E-state index in [9.17, 15) is 23.1 Å². The first-order chi connectivity index (χ1) is 24.4. The Morgan fingerprint density at radius 1 is 1.10 bits per heavy atom. The second kappa shape index (κ2) is 16.7. The lowest BCUT2D eigenvalue weighted by Gasteiger charge is -2.35. The number of sulfonamides is 1. The molecule has 1 aromatic heterocycles. The van der Waals surface area contributed by atoms with Crippen molar-refractivity contribution in [1.29, 1.82) is 0 Å². The molecule has 2 heterocycles. The van der Waals surface area contributed by atoms with Crippen molar-refractivity contribution in [2.75, 3.05) is 44.0 Å². The molecular formula is C37H48N6O7S. The van der Waals surface area contributed by atoms with Crippen LogP contribution in [0.4, 0.5) is 16.2 Å². The maximum absolute atomic E-state index is 14.5. The van der Waals surface area contributed by atoms with Gasteiger partial charge >= 0.3 is 6.03 Å². The number of hydrogen-bond donors (Lipinski definition) is 3.